The van der Waals surface area contributed by atoms with Gasteiger partial charge in [0.05, 0.1) is 30.7 Å². The van der Waals surface area contributed by atoms with E-state index in [1.165, 1.54) is 0 Å². The standard InChI is InChI=1S/C15H19N3O/c1-3-18(11-12-7-4-5-10-17-12)13-8-6-9-14(19-2)15(13)16/h4-10H,3,11,16H2,1-2H3. The molecule has 0 fully saturated rings. The van der Waals surface area contributed by atoms with Crippen molar-refractivity contribution in [2.75, 3.05) is 24.3 Å². The molecular weight excluding hydrogens is 238 g/mol. The summed E-state index contributed by atoms with van der Waals surface area (Å²) in [7, 11) is 1.63. The quantitative estimate of drug-likeness (QED) is 0.837. The number of pyridine rings is 1. The predicted octanol–water partition coefficient (Wildman–Crippen LogP) is 2.70. The fraction of sp³-hybridized carbons (Fsp3) is 0.267. The van der Waals surface area contributed by atoms with Crippen LogP contribution >= 0.6 is 0 Å². The first-order valence-electron chi connectivity index (χ1n) is 6.33. The second-order valence-electron chi connectivity index (χ2n) is 4.23. The van der Waals surface area contributed by atoms with Gasteiger partial charge in [-0.1, -0.05) is 12.1 Å². The van der Waals surface area contributed by atoms with E-state index in [0.29, 0.717) is 11.4 Å². The Morgan fingerprint density at radius 3 is 2.68 bits per heavy atom. The Morgan fingerprint density at radius 2 is 2.05 bits per heavy atom. The number of nitrogens with two attached hydrogens (primary N) is 1. The summed E-state index contributed by atoms with van der Waals surface area (Å²) in [4.78, 5) is 6.53. The molecule has 1 heterocycles. The molecule has 0 spiro atoms. The van der Waals surface area contributed by atoms with E-state index in [9.17, 15) is 0 Å². The van der Waals surface area contributed by atoms with Crippen LogP contribution in [0.25, 0.3) is 0 Å². The predicted molar refractivity (Wildman–Crippen MR) is 78.4 cm³/mol. The lowest BCUT2D eigenvalue weighted by atomic mass is 10.2. The number of para-hydroxylation sites is 1. The third kappa shape index (κ3) is 2.96. The SMILES string of the molecule is CCN(Cc1ccccn1)c1cccc(OC)c1N. The number of methoxy groups -OCH3 is 1. The van der Waals surface area contributed by atoms with Gasteiger partial charge in [-0.3, -0.25) is 4.98 Å². The Hall–Kier alpha value is -2.23. The smallest absolute Gasteiger partial charge is 0.143 e. The van der Waals surface area contributed by atoms with Gasteiger partial charge in [0.2, 0.25) is 0 Å². The van der Waals surface area contributed by atoms with Gasteiger partial charge in [-0.25, -0.2) is 0 Å². The number of benzene rings is 1. The minimum absolute atomic E-state index is 0.669. The molecule has 19 heavy (non-hydrogen) atoms. The zero-order valence-electron chi connectivity index (χ0n) is 11.3. The molecule has 0 bridgehead atoms. The summed E-state index contributed by atoms with van der Waals surface area (Å²) in [6, 6.07) is 11.7. The molecule has 0 aliphatic rings. The van der Waals surface area contributed by atoms with Crippen molar-refractivity contribution in [3.05, 3.63) is 48.3 Å². The monoisotopic (exact) mass is 257 g/mol. The maximum atomic E-state index is 6.14. The summed E-state index contributed by atoms with van der Waals surface area (Å²) >= 11 is 0. The number of hydrogen-bond donors (Lipinski definition) is 1. The van der Waals surface area contributed by atoms with Crippen LogP contribution in [0.2, 0.25) is 0 Å². The third-order valence-electron chi connectivity index (χ3n) is 3.06. The zero-order valence-corrected chi connectivity index (χ0v) is 11.3. The van der Waals surface area contributed by atoms with Gasteiger partial charge in [-0.2, -0.15) is 0 Å². The van der Waals surface area contributed by atoms with Gasteiger partial charge in [-0.05, 0) is 31.2 Å². The number of aromatic nitrogens is 1. The van der Waals surface area contributed by atoms with E-state index in [1.807, 2.05) is 36.4 Å². The molecule has 0 aliphatic heterocycles. The molecule has 0 unspecified atom stereocenters. The lowest BCUT2D eigenvalue weighted by Gasteiger charge is -2.25. The Kier molecular flexibility index (Phi) is 4.23. The van der Waals surface area contributed by atoms with Crippen LogP contribution in [0, 0.1) is 0 Å². The van der Waals surface area contributed by atoms with Crippen molar-refractivity contribution < 1.29 is 4.74 Å². The van der Waals surface area contributed by atoms with E-state index in [1.54, 1.807) is 13.3 Å². The number of nitrogens with zero attached hydrogens (tertiary/aromatic N) is 2. The molecule has 2 rings (SSSR count). The average molecular weight is 257 g/mol. The van der Waals surface area contributed by atoms with Gasteiger partial charge in [0.25, 0.3) is 0 Å². The average Bonchev–Trinajstić information content (AvgIpc) is 2.46. The highest BCUT2D eigenvalue weighted by molar-refractivity contribution is 5.74. The molecule has 4 nitrogen and oxygen atoms in total. The molecule has 2 N–H and O–H groups in total. The minimum Gasteiger partial charge on any atom is -0.495 e. The summed E-state index contributed by atoms with van der Waals surface area (Å²) in [5.74, 6) is 0.706. The van der Waals surface area contributed by atoms with E-state index >= 15 is 0 Å². The lowest BCUT2D eigenvalue weighted by molar-refractivity contribution is 0.417. The van der Waals surface area contributed by atoms with Crippen LogP contribution in [0.3, 0.4) is 0 Å². The number of hydrogen-bond acceptors (Lipinski definition) is 4. The van der Waals surface area contributed by atoms with E-state index in [0.717, 1.165) is 24.5 Å². The van der Waals surface area contributed by atoms with Crippen molar-refractivity contribution in [1.29, 1.82) is 0 Å². The molecule has 100 valence electrons. The molecule has 1 aromatic carbocycles. The van der Waals surface area contributed by atoms with Crippen molar-refractivity contribution in [2.45, 2.75) is 13.5 Å². The van der Waals surface area contributed by atoms with Crippen LogP contribution in [0.15, 0.2) is 42.6 Å². The van der Waals surface area contributed by atoms with Gasteiger partial charge in [0.1, 0.15) is 5.75 Å². The molecule has 0 atom stereocenters. The van der Waals surface area contributed by atoms with Crippen LogP contribution in [0.4, 0.5) is 11.4 Å². The van der Waals surface area contributed by atoms with Crippen molar-refractivity contribution >= 4 is 11.4 Å². The minimum atomic E-state index is 0.669. The van der Waals surface area contributed by atoms with Crippen molar-refractivity contribution in [3.8, 4) is 5.75 Å². The largest absolute Gasteiger partial charge is 0.495 e. The van der Waals surface area contributed by atoms with Gasteiger partial charge >= 0.3 is 0 Å². The summed E-state index contributed by atoms with van der Waals surface area (Å²) in [6.45, 7) is 3.69. The van der Waals surface area contributed by atoms with Gasteiger partial charge in [0.15, 0.2) is 0 Å². The van der Waals surface area contributed by atoms with Crippen LogP contribution in [0.1, 0.15) is 12.6 Å². The van der Waals surface area contributed by atoms with Gasteiger partial charge < -0.3 is 15.4 Å². The molecule has 0 saturated carbocycles. The number of ether oxygens (including phenoxy) is 1. The Bertz CT molecular complexity index is 528. The van der Waals surface area contributed by atoms with Gasteiger partial charge in [-0.15, -0.1) is 0 Å². The first-order chi connectivity index (χ1) is 9.26. The molecular formula is C15H19N3O. The van der Waals surface area contributed by atoms with Crippen LogP contribution < -0.4 is 15.4 Å². The normalized spacial score (nSPS) is 10.2. The van der Waals surface area contributed by atoms with Crippen LogP contribution in [0.5, 0.6) is 5.75 Å². The van der Waals surface area contributed by atoms with Crippen molar-refractivity contribution in [2.24, 2.45) is 0 Å². The fourth-order valence-electron chi connectivity index (χ4n) is 2.04. The molecule has 0 radical (unpaired) electrons. The number of rotatable bonds is 5. The fourth-order valence-corrected chi connectivity index (χ4v) is 2.04. The van der Waals surface area contributed by atoms with Crippen LogP contribution in [-0.2, 0) is 6.54 Å². The van der Waals surface area contributed by atoms with Crippen LogP contribution in [-0.4, -0.2) is 18.6 Å². The highest BCUT2D eigenvalue weighted by Gasteiger charge is 2.12. The van der Waals surface area contributed by atoms with Crippen molar-refractivity contribution in [1.82, 2.24) is 4.98 Å². The summed E-state index contributed by atoms with van der Waals surface area (Å²) in [6.07, 6.45) is 1.80. The molecule has 0 aliphatic carbocycles. The molecule has 4 heteroatoms. The molecule has 0 amide bonds. The first kappa shape index (κ1) is 13.2. The molecule has 0 saturated heterocycles. The van der Waals surface area contributed by atoms with Crippen molar-refractivity contribution in [3.63, 3.8) is 0 Å². The number of anilines is 2. The Morgan fingerprint density at radius 1 is 1.21 bits per heavy atom. The highest BCUT2D eigenvalue weighted by Crippen LogP contribution is 2.32. The first-order valence-corrected chi connectivity index (χ1v) is 6.33. The lowest BCUT2D eigenvalue weighted by Crippen LogP contribution is -2.23. The van der Waals surface area contributed by atoms with E-state index in [4.69, 9.17) is 10.5 Å². The maximum Gasteiger partial charge on any atom is 0.143 e. The van der Waals surface area contributed by atoms with E-state index in [2.05, 4.69) is 16.8 Å². The summed E-state index contributed by atoms with van der Waals surface area (Å²) < 4.78 is 5.26. The summed E-state index contributed by atoms with van der Waals surface area (Å²) in [5.41, 5.74) is 8.81. The molecule has 1 aromatic heterocycles. The second kappa shape index (κ2) is 6.09. The zero-order chi connectivity index (χ0) is 13.7. The Balaban J connectivity index is 2.27. The summed E-state index contributed by atoms with van der Waals surface area (Å²) in [5, 5.41) is 0. The topological polar surface area (TPSA) is 51.4 Å². The third-order valence-corrected chi connectivity index (χ3v) is 3.06. The Labute approximate surface area is 113 Å². The maximum absolute atomic E-state index is 6.14. The molecule has 2 aromatic rings. The number of nitrogen functional groups attached to an aromatic ring is 1. The second-order valence-corrected chi connectivity index (χ2v) is 4.23. The van der Waals surface area contributed by atoms with Gasteiger partial charge in [0, 0.05) is 12.7 Å². The van der Waals surface area contributed by atoms with E-state index < -0.39 is 0 Å². The highest BCUT2D eigenvalue weighted by atomic mass is 16.5. The van der Waals surface area contributed by atoms with E-state index in [-0.39, 0.29) is 0 Å².